The summed E-state index contributed by atoms with van der Waals surface area (Å²) in [5.41, 5.74) is 0. The molecule has 0 atom stereocenters. The molecule has 80 valence electrons. The number of hydrogen-bond donors (Lipinski definition) is 0. The Morgan fingerprint density at radius 1 is 1.36 bits per heavy atom. The van der Waals surface area contributed by atoms with Crippen LogP contribution >= 0.6 is 0 Å². The molecule has 0 aliphatic carbocycles. The van der Waals surface area contributed by atoms with Crippen LogP contribution in [0.3, 0.4) is 0 Å². The van der Waals surface area contributed by atoms with Crippen LogP contribution in [0.25, 0.3) is 0 Å². The van der Waals surface area contributed by atoms with Gasteiger partial charge in [-0.25, -0.2) is 4.79 Å². The molecule has 0 aromatic heterocycles. The van der Waals surface area contributed by atoms with Crippen LogP contribution in [0.4, 0.5) is 0 Å². The predicted molar refractivity (Wildman–Crippen MR) is 57.8 cm³/mol. The molecule has 3 heteroatoms. The second-order valence-electron chi connectivity index (χ2n) is 3.53. The Bertz CT molecular complexity index is 201. The lowest BCUT2D eigenvalue weighted by Gasteiger charge is -2.30. The standard InChI is InChI=1S/C11H20NO2/c1-5-8-12(4,9-6-2)10-11(13)14-7-3/h5-6H,1-2,7-10H2,3-4H3/q+1. The summed E-state index contributed by atoms with van der Waals surface area (Å²) in [6.45, 7) is 11.4. The molecule has 0 saturated carbocycles. The van der Waals surface area contributed by atoms with E-state index in [9.17, 15) is 4.79 Å². The zero-order chi connectivity index (χ0) is 11.0. The van der Waals surface area contributed by atoms with Gasteiger partial charge in [0.1, 0.15) is 0 Å². The molecular formula is C11H20NO2+. The molecule has 0 aromatic carbocycles. The summed E-state index contributed by atoms with van der Waals surface area (Å²) < 4.78 is 5.48. The number of rotatable bonds is 7. The maximum atomic E-state index is 11.3. The van der Waals surface area contributed by atoms with Crippen molar-refractivity contribution < 1.29 is 14.0 Å². The van der Waals surface area contributed by atoms with Gasteiger partial charge in [-0.2, -0.15) is 0 Å². The fourth-order valence-electron chi connectivity index (χ4n) is 1.35. The smallest absolute Gasteiger partial charge is 0.361 e. The fraction of sp³-hybridized carbons (Fsp3) is 0.545. The van der Waals surface area contributed by atoms with Crippen molar-refractivity contribution in [1.29, 1.82) is 0 Å². The molecule has 0 N–H and O–H groups in total. The van der Waals surface area contributed by atoms with Crippen LogP contribution in [0.1, 0.15) is 6.92 Å². The number of likely N-dealkylation sites (N-methyl/N-ethyl adjacent to an activating group) is 1. The third-order valence-corrected chi connectivity index (χ3v) is 1.96. The van der Waals surface area contributed by atoms with E-state index in [4.69, 9.17) is 4.74 Å². The van der Waals surface area contributed by atoms with Gasteiger partial charge in [0.2, 0.25) is 0 Å². The number of nitrogens with zero attached hydrogens (tertiary/aromatic N) is 1. The molecular weight excluding hydrogens is 178 g/mol. The highest BCUT2D eigenvalue weighted by molar-refractivity contribution is 5.70. The van der Waals surface area contributed by atoms with E-state index in [0.29, 0.717) is 17.6 Å². The molecule has 0 aromatic rings. The summed E-state index contributed by atoms with van der Waals surface area (Å²) >= 11 is 0. The molecule has 0 aliphatic rings. The number of quaternary nitrogens is 1. The van der Waals surface area contributed by atoms with E-state index in [1.54, 1.807) is 0 Å². The van der Waals surface area contributed by atoms with Gasteiger partial charge in [-0.3, -0.25) is 0 Å². The number of hydrogen-bond acceptors (Lipinski definition) is 2. The molecule has 0 bridgehead atoms. The van der Waals surface area contributed by atoms with Crippen molar-refractivity contribution in [2.24, 2.45) is 0 Å². The topological polar surface area (TPSA) is 26.3 Å². The second kappa shape index (κ2) is 6.38. The van der Waals surface area contributed by atoms with Gasteiger partial charge >= 0.3 is 5.97 Å². The first-order valence-corrected chi connectivity index (χ1v) is 4.79. The van der Waals surface area contributed by atoms with Crippen LogP contribution in [0.5, 0.6) is 0 Å². The first kappa shape index (κ1) is 12.9. The summed E-state index contributed by atoms with van der Waals surface area (Å²) in [5.74, 6) is -0.168. The fourth-order valence-corrected chi connectivity index (χ4v) is 1.35. The molecule has 0 spiro atoms. The van der Waals surface area contributed by atoms with Crippen molar-refractivity contribution in [3.05, 3.63) is 25.3 Å². The predicted octanol–water partition coefficient (Wildman–Crippen LogP) is 1.37. The summed E-state index contributed by atoms with van der Waals surface area (Å²) in [6.07, 6.45) is 3.62. The van der Waals surface area contributed by atoms with Crippen molar-refractivity contribution in [3.8, 4) is 0 Å². The van der Waals surface area contributed by atoms with Gasteiger partial charge in [-0.15, -0.1) is 0 Å². The molecule has 0 unspecified atom stereocenters. The first-order chi connectivity index (χ1) is 6.58. The van der Waals surface area contributed by atoms with E-state index in [-0.39, 0.29) is 5.97 Å². The van der Waals surface area contributed by atoms with E-state index >= 15 is 0 Å². The van der Waals surface area contributed by atoms with Crippen molar-refractivity contribution in [1.82, 2.24) is 0 Å². The van der Waals surface area contributed by atoms with Gasteiger partial charge in [0, 0.05) is 0 Å². The average molecular weight is 198 g/mol. The zero-order valence-corrected chi connectivity index (χ0v) is 9.16. The lowest BCUT2D eigenvalue weighted by Crippen LogP contribution is -2.48. The number of carbonyl (C=O) groups is 1. The Hall–Kier alpha value is -1.09. The highest BCUT2D eigenvalue weighted by atomic mass is 16.5. The maximum absolute atomic E-state index is 11.3. The third-order valence-electron chi connectivity index (χ3n) is 1.96. The van der Waals surface area contributed by atoms with Gasteiger partial charge in [0.15, 0.2) is 6.54 Å². The van der Waals surface area contributed by atoms with Gasteiger partial charge in [0.25, 0.3) is 0 Å². The lowest BCUT2D eigenvalue weighted by molar-refractivity contribution is -0.891. The molecule has 0 radical (unpaired) electrons. The number of carbonyl (C=O) groups excluding carboxylic acids is 1. The SMILES string of the molecule is C=CC[N+](C)(CC=C)CC(=O)OCC. The van der Waals surface area contributed by atoms with E-state index in [1.165, 1.54) is 0 Å². The summed E-state index contributed by atoms with van der Waals surface area (Å²) in [5, 5.41) is 0. The van der Waals surface area contributed by atoms with Crippen LogP contribution in [-0.4, -0.2) is 43.7 Å². The Balaban J connectivity index is 4.26. The van der Waals surface area contributed by atoms with Crippen molar-refractivity contribution >= 4 is 5.97 Å². The maximum Gasteiger partial charge on any atom is 0.361 e. The Morgan fingerprint density at radius 3 is 2.21 bits per heavy atom. The van der Waals surface area contributed by atoms with E-state index in [2.05, 4.69) is 13.2 Å². The second-order valence-corrected chi connectivity index (χ2v) is 3.53. The minimum atomic E-state index is -0.168. The Labute approximate surface area is 86.3 Å². The number of esters is 1. The minimum absolute atomic E-state index is 0.168. The van der Waals surface area contributed by atoms with Crippen LogP contribution in [0.2, 0.25) is 0 Å². The van der Waals surface area contributed by atoms with Crippen molar-refractivity contribution in [3.63, 3.8) is 0 Å². The highest BCUT2D eigenvalue weighted by Crippen LogP contribution is 2.03. The summed E-state index contributed by atoms with van der Waals surface area (Å²) in [4.78, 5) is 11.3. The van der Waals surface area contributed by atoms with Gasteiger partial charge in [0.05, 0.1) is 26.7 Å². The van der Waals surface area contributed by atoms with Crippen molar-refractivity contribution in [2.45, 2.75) is 6.92 Å². The monoisotopic (exact) mass is 198 g/mol. The van der Waals surface area contributed by atoms with Gasteiger partial charge < -0.3 is 9.22 Å². The van der Waals surface area contributed by atoms with E-state index in [0.717, 1.165) is 13.1 Å². The van der Waals surface area contributed by atoms with Gasteiger partial charge in [-0.05, 0) is 19.1 Å². The van der Waals surface area contributed by atoms with E-state index in [1.807, 2.05) is 26.1 Å². The van der Waals surface area contributed by atoms with Crippen LogP contribution in [-0.2, 0) is 9.53 Å². The molecule has 0 saturated heterocycles. The molecule has 0 aliphatic heterocycles. The average Bonchev–Trinajstić information content (AvgIpc) is 2.04. The van der Waals surface area contributed by atoms with Gasteiger partial charge in [-0.1, -0.05) is 13.2 Å². The minimum Gasteiger partial charge on any atom is -0.462 e. The normalized spacial score (nSPS) is 10.7. The van der Waals surface area contributed by atoms with Crippen LogP contribution in [0.15, 0.2) is 25.3 Å². The zero-order valence-electron chi connectivity index (χ0n) is 9.16. The molecule has 0 fully saturated rings. The quantitative estimate of drug-likeness (QED) is 0.351. The number of ether oxygens (including phenoxy) is 1. The first-order valence-electron chi connectivity index (χ1n) is 4.79. The largest absolute Gasteiger partial charge is 0.462 e. The van der Waals surface area contributed by atoms with Crippen LogP contribution < -0.4 is 0 Å². The van der Waals surface area contributed by atoms with Crippen LogP contribution in [0, 0.1) is 0 Å². The molecule has 3 nitrogen and oxygen atoms in total. The summed E-state index contributed by atoms with van der Waals surface area (Å²) in [6, 6.07) is 0. The Kier molecular flexibility index (Phi) is 5.88. The third kappa shape index (κ3) is 4.82. The molecule has 14 heavy (non-hydrogen) atoms. The van der Waals surface area contributed by atoms with E-state index < -0.39 is 0 Å². The van der Waals surface area contributed by atoms with Crippen molar-refractivity contribution in [2.75, 3.05) is 33.3 Å². The molecule has 0 amide bonds. The molecule has 0 rings (SSSR count). The highest BCUT2D eigenvalue weighted by Gasteiger charge is 2.23. The lowest BCUT2D eigenvalue weighted by atomic mass is 10.3. The Morgan fingerprint density at radius 2 is 1.86 bits per heavy atom. The summed E-state index contributed by atoms with van der Waals surface area (Å²) in [7, 11) is 1.99. The molecule has 0 heterocycles.